The number of carbonyl (C=O) groups is 1. The highest BCUT2D eigenvalue weighted by molar-refractivity contribution is 5.68. The Hall–Kier alpha value is -0.810. The van der Waals surface area contributed by atoms with Crippen LogP contribution in [0, 0.1) is 5.92 Å². The maximum Gasteiger partial charge on any atom is 0.410 e. The van der Waals surface area contributed by atoms with Crippen molar-refractivity contribution < 1.29 is 14.6 Å². The molecule has 1 heterocycles. The average Bonchev–Trinajstić information content (AvgIpc) is 2.36. The maximum atomic E-state index is 12.2. The number of amides is 1. The number of piperidine rings is 1. The molecule has 0 saturated carbocycles. The first kappa shape index (κ1) is 19.2. The quantitative estimate of drug-likeness (QED) is 0.819. The van der Waals surface area contributed by atoms with Crippen molar-refractivity contribution in [3.63, 3.8) is 0 Å². The van der Waals surface area contributed by atoms with Crippen molar-refractivity contribution in [3.05, 3.63) is 0 Å². The van der Waals surface area contributed by atoms with Gasteiger partial charge in [-0.05, 0) is 66.7 Å². The van der Waals surface area contributed by atoms with Crippen LogP contribution in [0.5, 0.6) is 0 Å². The smallest absolute Gasteiger partial charge is 0.410 e. The van der Waals surface area contributed by atoms with E-state index in [-0.39, 0.29) is 18.2 Å². The molecule has 0 radical (unpaired) electrons. The second-order valence-electron chi connectivity index (χ2n) is 8.12. The number of aliphatic hydroxyl groups is 1. The van der Waals surface area contributed by atoms with E-state index in [2.05, 4.69) is 26.1 Å². The Balaban J connectivity index is 2.57. The van der Waals surface area contributed by atoms with Crippen LogP contribution in [-0.2, 0) is 4.74 Å². The third-order valence-corrected chi connectivity index (χ3v) is 4.17. The van der Waals surface area contributed by atoms with Crippen LogP contribution in [0.1, 0.15) is 60.8 Å². The van der Waals surface area contributed by atoms with Crippen molar-refractivity contribution in [1.29, 1.82) is 0 Å². The van der Waals surface area contributed by atoms with Crippen LogP contribution in [0.15, 0.2) is 0 Å². The van der Waals surface area contributed by atoms with Crippen molar-refractivity contribution in [2.24, 2.45) is 5.92 Å². The number of ether oxygens (including phenoxy) is 1. The first-order chi connectivity index (χ1) is 10.0. The molecule has 1 fully saturated rings. The summed E-state index contributed by atoms with van der Waals surface area (Å²) in [5.41, 5.74) is -0.542. The molecule has 5 nitrogen and oxygen atoms in total. The van der Waals surface area contributed by atoms with Crippen LogP contribution in [0.25, 0.3) is 0 Å². The first-order valence-corrected chi connectivity index (χ1v) is 8.40. The van der Waals surface area contributed by atoms with Crippen molar-refractivity contribution >= 4 is 6.09 Å². The summed E-state index contributed by atoms with van der Waals surface area (Å²) in [5.74, 6) is 0.416. The van der Waals surface area contributed by atoms with Gasteiger partial charge in [0.05, 0.1) is 0 Å². The van der Waals surface area contributed by atoms with Crippen LogP contribution >= 0.6 is 0 Å². The van der Waals surface area contributed by atoms with E-state index in [0.29, 0.717) is 12.0 Å². The van der Waals surface area contributed by atoms with E-state index in [1.807, 2.05) is 25.7 Å². The third-order valence-electron chi connectivity index (χ3n) is 4.17. The van der Waals surface area contributed by atoms with E-state index in [9.17, 15) is 4.79 Å². The number of nitrogens with one attached hydrogen (secondary N) is 1. The zero-order valence-corrected chi connectivity index (χ0v) is 15.1. The number of hydrogen-bond donors (Lipinski definition) is 2. The number of likely N-dealkylation sites (tertiary alicyclic amines) is 1. The normalized spacial score (nSPS) is 21.6. The van der Waals surface area contributed by atoms with Crippen LogP contribution in [0.4, 0.5) is 4.79 Å². The average molecular weight is 314 g/mol. The summed E-state index contributed by atoms with van der Waals surface area (Å²) in [4.78, 5) is 14.0. The summed E-state index contributed by atoms with van der Waals surface area (Å²) in [6, 6.07) is 0.298. The van der Waals surface area contributed by atoms with Crippen molar-refractivity contribution in [2.75, 3.05) is 19.7 Å². The number of nitrogens with zero attached hydrogens (tertiary/aromatic N) is 1. The van der Waals surface area contributed by atoms with Crippen molar-refractivity contribution in [2.45, 2.75) is 78.0 Å². The summed E-state index contributed by atoms with van der Waals surface area (Å²) in [6.07, 6.45) is 2.64. The highest BCUT2D eigenvalue weighted by Gasteiger charge is 2.32. The molecule has 1 aliphatic rings. The SMILES string of the molecule is CC(NC(C)(C)CCO)C1CCCN(C(=O)OC(C)(C)C)C1. The molecular formula is C17H34N2O3. The molecular weight excluding hydrogens is 280 g/mol. The lowest BCUT2D eigenvalue weighted by atomic mass is 9.89. The second-order valence-corrected chi connectivity index (χ2v) is 8.12. The van der Waals surface area contributed by atoms with Crippen LogP contribution in [-0.4, -0.2) is 53.0 Å². The number of carbonyl (C=O) groups excluding carboxylic acids is 1. The van der Waals surface area contributed by atoms with Gasteiger partial charge in [0.15, 0.2) is 0 Å². The summed E-state index contributed by atoms with van der Waals surface area (Å²) in [7, 11) is 0. The Morgan fingerprint density at radius 3 is 2.55 bits per heavy atom. The van der Waals surface area contributed by atoms with Gasteiger partial charge in [0.25, 0.3) is 0 Å². The molecule has 22 heavy (non-hydrogen) atoms. The topological polar surface area (TPSA) is 61.8 Å². The van der Waals surface area contributed by atoms with E-state index < -0.39 is 5.60 Å². The van der Waals surface area contributed by atoms with E-state index in [0.717, 1.165) is 32.4 Å². The van der Waals surface area contributed by atoms with E-state index in [1.165, 1.54) is 0 Å². The van der Waals surface area contributed by atoms with Gasteiger partial charge in [-0.25, -0.2) is 4.79 Å². The van der Waals surface area contributed by atoms with Crippen molar-refractivity contribution in [3.8, 4) is 0 Å². The Kier molecular flexibility index (Phi) is 6.68. The molecule has 2 atom stereocenters. The maximum absolute atomic E-state index is 12.2. The van der Waals surface area contributed by atoms with Crippen LogP contribution in [0.3, 0.4) is 0 Å². The van der Waals surface area contributed by atoms with Gasteiger partial charge in [-0.3, -0.25) is 0 Å². The molecule has 1 rings (SSSR count). The van der Waals surface area contributed by atoms with Gasteiger partial charge >= 0.3 is 6.09 Å². The number of rotatable bonds is 5. The fraction of sp³-hybridized carbons (Fsp3) is 0.941. The largest absolute Gasteiger partial charge is 0.444 e. The predicted molar refractivity (Wildman–Crippen MR) is 88.9 cm³/mol. The fourth-order valence-corrected chi connectivity index (χ4v) is 3.00. The lowest BCUT2D eigenvalue weighted by molar-refractivity contribution is 0.0141. The molecule has 2 N–H and O–H groups in total. The second kappa shape index (κ2) is 7.64. The molecule has 1 saturated heterocycles. The zero-order chi connectivity index (χ0) is 17.0. The summed E-state index contributed by atoms with van der Waals surface area (Å²) in [6.45, 7) is 13.8. The lowest BCUT2D eigenvalue weighted by Crippen LogP contribution is -2.53. The molecule has 1 amide bonds. The Labute approximate surface area is 135 Å². The summed E-state index contributed by atoms with van der Waals surface area (Å²) < 4.78 is 5.48. The first-order valence-electron chi connectivity index (χ1n) is 8.40. The number of aliphatic hydroxyl groups excluding tert-OH is 1. The van der Waals surface area contributed by atoms with Crippen LogP contribution in [0.2, 0.25) is 0 Å². The molecule has 0 bridgehead atoms. The van der Waals surface area contributed by atoms with Crippen LogP contribution < -0.4 is 5.32 Å². The van der Waals surface area contributed by atoms with E-state index in [4.69, 9.17) is 9.84 Å². The molecule has 0 aromatic heterocycles. The van der Waals surface area contributed by atoms with Gasteiger partial charge in [-0.2, -0.15) is 0 Å². The van der Waals surface area contributed by atoms with E-state index >= 15 is 0 Å². The summed E-state index contributed by atoms with van der Waals surface area (Å²) in [5, 5.41) is 12.7. The molecule has 1 aliphatic heterocycles. The molecule has 0 spiro atoms. The highest BCUT2D eigenvalue weighted by Crippen LogP contribution is 2.23. The van der Waals surface area contributed by atoms with Gasteiger partial charge in [0.2, 0.25) is 0 Å². The Morgan fingerprint density at radius 1 is 1.36 bits per heavy atom. The van der Waals surface area contributed by atoms with Gasteiger partial charge in [0, 0.05) is 31.3 Å². The molecule has 130 valence electrons. The highest BCUT2D eigenvalue weighted by atomic mass is 16.6. The summed E-state index contributed by atoms with van der Waals surface area (Å²) >= 11 is 0. The molecule has 2 unspecified atom stereocenters. The zero-order valence-electron chi connectivity index (χ0n) is 15.1. The molecule has 0 aliphatic carbocycles. The van der Waals surface area contributed by atoms with E-state index in [1.54, 1.807) is 0 Å². The molecule has 0 aromatic carbocycles. The van der Waals surface area contributed by atoms with Gasteiger partial charge in [-0.15, -0.1) is 0 Å². The Bertz CT molecular complexity index is 363. The van der Waals surface area contributed by atoms with Gasteiger partial charge in [-0.1, -0.05) is 0 Å². The number of hydrogen-bond acceptors (Lipinski definition) is 4. The Morgan fingerprint density at radius 2 is 2.00 bits per heavy atom. The minimum Gasteiger partial charge on any atom is -0.444 e. The minimum absolute atomic E-state index is 0.0949. The molecule has 0 aromatic rings. The monoisotopic (exact) mass is 314 g/mol. The van der Waals surface area contributed by atoms with Crippen molar-refractivity contribution in [1.82, 2.24) is 10.2 Å². The standard InChI is InChI=1S/C17H34N2O3/c1-13(18-17(5,6)9-11-20)14-8-7-10-19(12-14)15(21)22-16(2,3)4/h13-14,18,20H,7-12H2,1-6H3. The fourth-order valence-electron chi connectivity index (χ4n) is 3.00. The van der Waals surface area contributed by atoms with Gasteiger partial charge in [0.1, 0.15) is 5.60 Å². The minimum atomic E-state index is -0.447. The predicted octanol–water partition coefficient (Wildman–Crippen LogP) is 2.77. The third kappa shape index (κ3) is 6.53. The van der Waals surface area contributed by atoms with Gasteiger partial charge < -0.3 is 20.1 Å². The molecule has 5 heteroatoms. The lowest BCUT2D eigenvalue weighted by Gasteiger charge is -2.39.